The highest BCUT2D eigenvalue weighted by Gasteiger charge is 2.35. The highest BCUT2D eigenvalue weighted by Crippen LogP contribution is 2.17. The second-order valence-electron chi connectivity index (χ2n) is 4.57. The van der Waals surface area contributed by atoms with E-state index in [1.807, 2.05) is 4.90 Å². The van der Waals surface area contributed by atoms with E-state index in [4.69, 9.17) is 5.11 Å². The minimum absolute atomic E-state index is 0.0865. The summed E-state index contributed by atoms with van der Waals surface area (Å²) < 4.78 is 0. The number of rotatable bonds is 2. The Hall–Kier alpha value is -1.10. The van der Waals surface area contributed by atoms with Gasteiger partial charge in [-0.2, -0.15) is 0 Å². The maximum Gasteiger partial charge on any atom is 0.320 e. The first kappa shape index (κ1) is 11.4. The van der Waals surface area contributed by atoms with Crippen molar-refractivity contribution in [2.75, 3.05) is 13.1 Å². The lowest BCUT2D eigenvalue weighted by Crippen LogP contribution is -2.48. The molecule has 2 aliphatic heterocycles. The summed E-state index contributed by atoms with van der Waals surface area (Å²) in [4.78, 5) is 24.7. The molecule has 5 heteroatoms. The van der Waals surface area contributed by atoms with Crippen LogP contribution in [-0.2, 0) is 9.59 Å². The molecule has 0 unspecified atom stereocenters. The average molecular weight is 226 g/mol. The Morgan fingerprint density at radius 2 is 1.69 bits per heavy atom. The number of likely N-dealkylation sites (tertiary alicyclic amines) is 1. The van der Waals surface area contributed by atoms with Gasteiger partial charge in [0, 0.05) is 13.1 Å². The van der Waals surface area contributed by atoms with Crippen molar-refractivity contribution in [3.05, 3.63) is 0 Å². The SMILES string of the molecule is O=C(O)[C@H]1CC[C@H](C(=O)N2CCCCC2)N1. The lowest BCUT2D eigenvalue weighted by atomic mass is 10.1. The van der Waals surface area contributed by atoms with Crippen molar-refractivity contribution in [2.45, 2.75) is 44.2 Å². The number of piperidine rings is 1. The summed E-state index contributed by atoms with van der Waals surface area (Å²) in [6.45, 7) is 1.66. The van der Waals surface area contributed by atoms with Crippen molar-refractivity contribution in [1.82, 2.24) is 10.2 Å². The summed E-state index contributed by atoms with van der Waals surface area (Å²) in [5.74, 6) is -0.766. The molecule has 0 aliphatic carbocycles. The van der Waals surface area contributed by atoms with Crippen LogP contribution in [0.5, 0.6) is 0 Å². The molecule has 2 fully saturated rings. The van der Waals surface area contributed by atoms with Crippen molar-refractivity contribution >= 4 is 11.9 Å². The molecule has 2 saturated heterocycles. The summed E-state index contributed by atoms with van der Waals surface area (Å²) in [7, 11) is 0. The lowest BCUT2D eigenvalue weighted by molar-refractivity contribution is -0.139. The molecule has 2 heterocycles. The van der Waals surface area contributed by atoms with Gasteiger partial charge >= 0.3 is 5.97 Å². The third kappa shape index (κ3) is 2.35. The fraction of sp³-hybridized carbons (Fsp3) is 0.818. The van der Waals surface area contributed by atoms with Crippen LogP contribution >= 0.6 is 0 Å². The van der Waals surface area contributed by atoms with Crippen molar-refractivity contribution in [1.29, 1.82) is 0 Å². The third-order valence-electron chi connectivity index (χ3n) is 3.41. The fourth-order valence-electron chi connectivity index (χ4n) is 2.47. The first-order valence-corrected chi connectivity index (χ1v) is 5.96. The van der Waals surface area contributed by atoms with Crippen LogP contribution in [0.3, 0.4) is 0 Å². The van der Waals surface area contributed by atoms with Crippen molar-refractivity contribution < 1.29 is 14.7 Å². The van der Waals surface area contributed by atoms with Crippen LogP contribution in [0.4, 0.5) is 0 Å². The fourth-order valence-corrected chi connectivity index (χ4v) is 2.47. The van der Waals surface area contributed by atoms with E-state index in [0.29, 0.717) is 12.8 Å². The molecular weight excluding hydrogens is 208 g/mol. The van der Waals surface area contributed by atoms with E-state index >= 15 is 0 Å². The number of carbonyl (C=O) groups is 2. The summed E-state index contributed by atoms with van der Waals surface area (Å²) in [6.07, 6.45) is 4.53. The van der Waals surface area contributed by atoms with Crippen LogP contribution in [-0.4, -0.2) is 47.1 Å². The summed E-state index contributed by atoms with van der Waals surface area (Å²) >= 11 is 0. The van der Waals surface area contributed by atoms with Gasteiger partial charge in [-0.25, -0.2) is 0 Å². The molecule has 0 bridgehead atoms. The zero-order valence-corrected chi connectivity index (χ0v) is 9.32. The molecule has 90 valence electrons. The molecule has 1 amide bonds. The number of carboxylic acid groups (broad SMARTS) is 1. The number of nitrogens with zero attached hydrogens (tertiary/aromatic N) is 1. The molecule has 0 aromatic carbocycles. The van der Waals surface area contributed by atoms with Crippen molar-refractivity contribution in [3.8, 4) is 0 Å². The molecule has 16 heavy (non-hydrogen) atoms. The van der Waals surface area contributed by atoms with Gasteiger partial charge in [-0.05, 0) is 32.1 Å². The van der Waals surface area contributed by atoms with Crippen molar-refractivity contribution in [2.24, 2.45) is 0 Å². The Balaban J connectivity index is 1.88. The Kier molecular flexibility index (Phi) is 3.43. The van der Waals surface area contributed by atoms with Gasteiger partial charge in [0.1, 0.15) is 6.04 Å². The van der Waals surface area contributed by atoms with Gasteiger partial charge in [0.05, 0.1) is 6.04 Å². The van der Waals surface area contributed by atoms with Gasteiger partial charge < -0.3 is 10.0 Å². The number of hydrogen-bond acceptors (Lipinski definition) is 3. The largest absolute Gasteiger partial charge is 0.480 e. The maximum absolute atomic E-state index is 12.0. The molecule has 0 aromatic heterocycles. The predicted octanol–water partition coefficient (Wildman–Crippen LogP) is 0.204. The van der Waals surface area contributed by atoms with Crippen LogP contribution in [0.15, 0.2) is 0 Å². The number of amides is 1. The first-order chi connectivity index (χ1) is 7.68. The smallest absolute Gasteiger partial charge is 0.320 e. The molecule has 2 N–H and O–H groups in total. The molecule has 0 radical (unpaired) electrons. The van der Waals surface area contributed by atoms with Crippen LogP contribution in [0, 0.1) is 0 Å². The molecule has 2 atom stereocenters. The van der Waals surface area contributed by atoms with Gasteiger partial charge in [-0.1, -0.05) is 0 Å². The van der Waals surface area contributed by atoms with Crippen LogP contribution in [0.25, 0.3) is 0 Å². The molecule has 0 spiro atoms. The van der Waals surface area contributed by atoms with Gasteiger partial charge in [-0.15, -0.1) is 0 Å². The highest BCUT2D eigenvalue weighted by atomic mass is 16.4. The summed E-state index contributed by atoms with van der Waals surface area (Å²) in [6, 6.07) is -0.821. The molecule has 0 saturated carbocycles. The number of nitrogens with one attached hydrogen (secondary N) is 1. The number of hydrogen-bond donors (Lipinski definition) is 2. The Bertz CT molecular complexity index is 287. The molecule has 2 aliphatic rings. The minimum Gasteiger partial charge on any atom is -0.480 e. The summed E-state index contributed by atoms with van der Waals surface area (Å²) in [5, 5.41) is 11.7. The number of aliphatic carboxylic acids is 1. The van der Waals surface area contributed by atoms with E-state index in [1.165, 1.54) is 6.42 Å². The van der Waals surface area contributed by atoms with Gasteiger partial charge in [0.15, 0.2) is 0 Å². The van der Waals surface area contributed by atoms with E-state index in [1.54, 1.807) is 0 Å². The van der Waals surface area contributed by atoms with Gasteiger partial charge in [0.2, 0.25) is 5.91 Å². The first-order valence-electron chi connectivity index (χ1n) is 5.96. The average Bonchev–Trinajstić information content (AvgIpc) is 2.78. The summed E-state index contributed by atoms with van der Waals surface area (Å²) in [5.41, 5.74) is 0. The van der Waals surface area contributed by atoms with Gasteiger partial charge in [-0.3, -0.25) is 14.9 Å². The van der Waals surface area contributed by atoms with E-state index in [0.717, 1.165) is 25.9 Å². The quantitative estimate of drug-likeness (QED) is 0.706. The van der Waals surface area contributed by atoms with E-state index in [9.17, 15) is 9.59 Å². The Morgan fingerprint density at radius 1 is 1.06 bits per heavy atom. The number of carbonyl (C=O) groups excluding carboxylic acids is 1. The Morgan fingerprint density at radius 3 is 2.25 bits per heavy atom. The lowest BCUT2D eigenvalue weighted by Gasteiger charge is -2.29. The van der Waals surface area contributed by atoms with Gasteiger partial charge in [0.25, 0.3) is 0 Å². The monoisotopic (exact) mass is 226 g/mol. The highest BCUT2D eigenvalue weighted by molar-refractivity contribution is 5.84. The zero-order valence-electron chi connectivity index (χ0n) is 9.32. The molecule has 0 aromatic rings. The molecular formula is C11H18N2O3. The zero-order chi connectivity index (χ0) is 11.5. The molecule has 2 rings (SSSR count). The minimum atomic E-state index is -0.853. The van der Waals surface area contributed by atoms with Crippen LogP contribution in [0.1, 0.15) is 32.1 Å². The van der Waals surface area contributed by atoms with Crippen LogP contribution < -0.4 is 5.32 Å². The number of carboxylic acids is 1. The normalized spacial score (nSPS) is 30.4. The maximum atomic E-state index is 12.0. The third-order valence-corrected chi connectivity index (χ3v) is 3.41. The standard InChI is InChI=1S/C11H18N2O3/c14-10(13-6-2-1-3-7-13)8-4-5-9(12-8)11(15)16/h8-9,12H,1-7H2,(H,15,16)/t8-,9-/m1/s1. The predicted molar refractivity (Wildman–Crippen MR) is 58.0 cm³/mol. The van der Waals surface area contributed by atoms with E-state index in [2.05, 4.69) is 5.32 Å². The van der Waals surface area contributed by atoms with Crippen LogP contribution in [0.2, 0.25) is 0 Å². The van der Waals surface area contributed by atoms with E-state index in [-0.39, 0.29) is 11.9 Å². The second kappa shape index (κ2) is 4.82. The Labute approximate surface area is 94.8 Å². The van der Waals surface area contributed by atoms with E-state index < -0.39 is 12.0 Å². The van der Waals surface area contributed by atoms with Crippen molar-refractivity contribution in [3.63, 3.8) is 0 Å². The topological polar surface area (TPSA) is 69.6 Å². The second-order valence-corrected chi connectivity index (χ2v) is 4.57. The molecule has 5 nitrogen and oxygen atoms in total.